The molecule has 0 unspecified atom stereocenters. The van der Waals surface area contributed by atoms with Crippen molar-refractivity contribution in [1.29, 1.82) is 0 Å². The molecule has 2 aromatic rings. The number of benzene rings is 1. The first-order chi connectivity index (χ1) is 11.6. The van der Waals surface area contributed by atoms with Gasteiger partial charge < -0.3 is 10.2 Å². The Balaban J connectivity index is 2.41. The molecule has 0 saturated heterocycles. The van der Waals surface area contributed by atoms with Gasteiger partial charge in [0.1, 0.15) is 6.33 Å². The van der Waals surface area contributed by atoms with E-state index in [1.807, 2.05) is 38.2 Å². The fraction of sp³-hybridized carbons (Fsp3) is 0.412. The molecule has 0 aliphatic heterocycles. The van der Waals surface area contributed by atoms with Crippen molar-refractivity contribution in [2.45, 2.75) is 33.1 Å². The minimum atomic E-state index is -0.422. The van der Waals surface area contributed by atoms with Gasteiger partial charge in [0.25, 0.3) is 0 Å². The average Bonchev–Trinajstić information content (AvgIpc) is 2.59. The molecule has 1 N–H and O–H groups in total. The molecule has 0 fully saturated rings. The highest BCUT2D eigenvalue weighted by molar-refractivity contribution is 5.75. The third-order valence-corrected chi connectivity index (χ3v) is 3.85. The topological polar surface area (TPSA) is 84.2 Å². The maximum atomic E-state index is 11.6. The van der Waals surface area contributed by atoms with Crippen molar-refractivity contribution in [3.8, 4) is 0 Å². The molecular formula is C17H23N5O2. The van der Waals surface area contributed by atoms with Crippen molar-refractivity contribution < 1.29 is 4.92 Å². The van der Waals surface area contributed by atoms with Crippen LogP contribution in [-0.2, 0) is 6.42 Å². The number of aryl methyl sites for hydroxylation is 1. The minimum Gasteiger partial charge on any atom is -0.354 e. The molecule has 1 aromatic carbocycles. The van der Waals surface area contributed by atoms with Crippen molar-refractivity contribution in [3.63, 3.8) is 0 Å². The van der Waals surface area contributed by atoms with Gasteiger partial charge >= 0.3 is 5.69 Å². The monoisotopic (exact) mass is 329 g/mol. The molecule has 0 aliphatic rings. The summed E-state index contributed by atoms with van der Waals surface area (Å²) in [6.45, 7) is 4.83. The van der Waals surface area contributed by atoms with E-state index in [2.05, 4.69) is 22.2 Å². The lowest BCUT2D eigenvalue weighted by molar-refractivity contribution is -0.383. The molecule has 1 heterocycles. The maximum Gasteiger partial charge on any atom is 0.353 e. The molecule has 128 valence electrons. The van der Waals surface area contributed by atoms with Gasteiger partial charge in [-0.2, -0.15) is 0 Å². The number of para-hydroxylation sites is 1. The summed E-state index contributed by atoms with van der Waals surface area (Å²) in [6, 6.07) is 7.72. The molecule has 0 radical (unpaired) electrons. The summed E-state index contributed by atoms with van der Waals surface area (Å²) in [7, 11) is 1.81. The number of rotatable bonds is 8. The summed E-state index contributed by atoms with van der Waals surface area (Å²) in [6.07, 6.45) is 4.14. The number of hydrogen-bond acceptors (Lipinski definition) is 6. The van der Waals surface area contributed by atoms with Gasteiger partial charge in [-0.25, -0.2) is 9.97 Å². The Labute approximate surface area is 141 Å². The van der Waals surface area contributed by atoms with Crippen LogP contribution in [0.5, 0.6) is 0 Å². The number of aromatic nitrogens is 2. The highest BCUT2D eigenvalue weighted by atomic mass is 16.6. The second-order valence-corrected chi connectivity index (χ2v) is 5.56. The predicted molar refractivity (Wildman–Crippen MR) is 96.0 cm³/mol. The van der Waals surface area contributed by atoms with Gasteiger partial charge in [-0.1, -0.05) is 38.5 Å². The number of anilines is 3. The summed E-state index contributed by atoms with van der Waals surface area (Å²) >= 11 is 0. The molecule has 24 heavy (non-hydrogen) atoms. The fourth-order valence-corrected chi connectivity index (χ4v) is 2.49. The Bertz CT molecular complexity index is 705. The molecule has 0 bridgehead atoms. The van der Waals surface area contributed by atoms with E-state index in [0.29, 0.717) is 12.4 Å². The lowest BCUT2D eigenvalue weighted by atomic mass is 10.1. The van der Waals surface area contributed by atoms with Crippen molar-refractivity contribution >= 4 is 23.0 Å². The van der Waals surface area contributed by atoms with Crippen LogP contribution < -0.4 is 10.2 Å². The molecular weight excluding hydrogens is 306 g/mol. The van der Waals surface area contributed by atoms with E-state index in [1.54, 1.807) is 4.90 Å². The normalized spacial score (nSPS) is 10.5. The maximum absolute atomic E-state index is 11.6. The molecule has 0 amide bonds. The van der Waals surface area contributed by atoms with Crippen LogP contribution in [0.15, 0.2) is 30.6 Å². The summed E-state index contributed by atoms with van der Waals surface area (Å²) in [5.41, 5.74) is 1.80. The largest absolute Gasteiger partial charge is 0.354 e. The van der Waals surface area contributed by atoms with Crippen LogP contribution in [-0.4, -0.2) is 28.5 Å². The SMILES string of the molecule is CCCCN(C)c1ncnc(Nc2ccccc2CC)c1[N+](=O)[O-]. The predicted octanol–water partition coefficient (Wildman–Crippen LogP) is 3.93. The van der Waals surface area contributed by atoms with Crippen LogP contribution in [0.4, 0.5) is 23.0 Å². The van der Waals surface area contributed by atoms with E-state index in [1.165, 1.54) is 6.33 Å². The summed E-state index contributed by atoms with van der Waals surface area (Å²) in [5, 5.41) is 14.7. The molecule has 1 aromatic heterocycles. The number of hydrogen-bond donors (Lipinski definition) is 1. The molecule has 0 aliphatic carbocycles. The van der Waals surface area contributed by atoms with Gasteiger partial charge in [-0.3, -0.25) is 10.1 Å². The molecule has 0 saturated carbocycles. The van der Waals surface area contributed by atoms with Gasteiger partial charge in [0.15, 0.2) is 0 Å². The molecule has 2 rings (SSSR count). The Morgan fingerprint density at radius 1 is 1.25 bits per heavy atom. The van der Waals surface area contributed by atoms with Crippen molar-refractivity contribution in [2.75, 3.05) is 23.8 Å². The molecule has 7 nitrogen and oxygen atoms in total. The van der Waals surface area contributed by atoms with Crippen LogP contribution in [0.25, 0.3) is 0 Å². The Hall–Kier alpha value is -2.70. The van der Waals surface area contributed by atoms with Gasteiger partial charge in [-0.15, -0.1) is 0 Å². The van der Waals surface area contributed by atoms with E-state index >= 15 is 0 Å². The highest BCUT2D eigenvalue weighted by Crippen LogP contribution is 2.33. The highest BCUT2D eigenvalue weighted by Gasteiger charge is 2.25. The quantitative estimate of drug-likeness (QED) is 0.583. The smallest absolute Gasteiger partial charge is 0.353 e. The van der Waals surface area contributed by atoms with Crippen molar-refractivity contribution in [3.05, 3.63) is 46.3 Å². The van der Waals surface area contributed by atoms with E-state index in [9.17, 15) is 10.1 Å². The second kappa shape index (κ2) is 8.24. The average molecular weight is 329 g/mol. The van der Waals surface area contributed by atoms with Gasteiger partial charge in [0.2, 0.25) is 11.6 Å². The van der Waals surface area contributed by atoms with E-state index in [0.717, 1.165) is 30.5 Å². The number of nitrogens with zero attached hydrogens (tertiary/aromatic N) is 4. The summed E-state index contributed by atoms with van der Waals surface area (Å²) < 4.78 is 0. The van der Waals surface area contributed by atoms with E-state index in [-0.39, 0.29) is 11.5 Å². The molecule has 0 atom stereocenters. The number of nitro groups is 1. The first-order valence-electron chi connectivity index (χ1n) is 8.13. The third kappa shape index (κ3) is 3.98. The van der Waals surface area contributed by atoms with Crippen LogP contribution in [0.3, 0.4) is 0 Å². The fourth-order valence-electron chi connectivity index (χ4n) is 2.49. The van der Waals surface area contributed by atoms with Crippen LogP contribution in [0, 0.1) is 10.1 Å². The zero-order chi connectivity index (χ0) is 17.5. The van der Waals surface area contributed by atoms with E-state index < -0.39 is 4.92 Å². The van der Waals surface area contributed by atoms with Gasteiger partial charge in [0, 0.05) is 19.3 Å². The lowest BCUT2D eigenvalue weighted by Crippen LogP contribution is -2.21. The molecule has 7 heteroatoms. The molecule has 0 spiro atoms. The number of nitrogens with one attached hydrogen (secondary N) is 1. The Kier molecular flexibility index (Phi) is 6.06. The lowest BCUT2D eigenvalue weighted by Gasteiger charge is -2.18. The third-order valence-electron chi connectivity index (χ3n) is 3.85. The zero-order valence-electron chi connectivity index (χ0n) is 14.3. The van der Waals surface area contributed by atoms with Crippen LogP contribution in [0.2, 0.25) is 0 Å². The number of unbranched alkanes of at least 4 members (excludes halogenated alkanes) is 1. The second-order valence-electron chi connectivity index (χ2n) is 5.56. The van der Waals surface area contributed by atoms with Gasteiger partial charge in [-0.05, 0) is 24.5 Å². The van der Waals surface area contributed by atoms with Crippen LogP contribution in [0.1, 0.15) is 32.3 Å². The zero-order valence-corrected chi connectivity index (χ0v) is 14.3. The Morgan fingerprint density at radius 3 is 2.67 bits per heavy atom. The first kappa shape index (κ1) is 17.7. The summed E-state index contributed by atoms with van der Waals surface area (Å²) in [4.78, 5) is 21.2. The summed E-state index contributed by atoms with van der Waals surface area (Å²) in [5.74, 6) is 0.550. The standard InChI is InChI=1S/C17H23N5O2/c1-4-6-11-21(3)17-15(22(23)24)16(18-12-19-17)20-14-10-8-7-9-13(14)5-2/h7-10,12H,4-6,11H2,1-3H3,(H,18,19,20). The van der Waals surface area contributed by atoms with Crippen LogP contribution >= 0.6 is 0 Å². The van der Waals surface area contributed by atoms with Gasteiger partial charge in [0.05, 0.1) is 4.92 Å². The van der Waals surface area contributed by atoms with Crippen molar-refractivity contribution in [2.24, 2.45) is 0 Å². The first-order valence-corrected chi connectivity index (χ1v) is 8.13. The van der Waals surface area contributed by atoms with E-state index in [4.69, 9.17) is 0 Å². The minimum absolute atomic E-state index is 0.0954. The Morgan fingerprint density at radius 2 is 2.00 bits per heavy atom. The van der Waals surface area contributed by atoms with Crippen molar-refractivity contribution in [1.82, 2.24) is 9.97 Å².